The van der Waals surface area contributed by atoms with Crippen LogP contribution in [-0.4, -0.2) is 44.4 Å². The molecule has 112 valence electrons. The number of hydrogen-bond acceptors (Lipinski definition) is 4. The van der Waals surface area contributed by atoms with Crippen LogP contribution in [0.5, 0.6) is 0 Å². The molecule has 0 saturated carbocycles. The molecule has 1 aliphatic heterocycles. The van der Waals surface area contributed by atoms with Gasteiger partial charge in [-0.25, -0.2) is 4.39 Å². The number of ether oxygens (including phenoxy) is 1. The van der Waals surface area contributed by atoms with Gasteiger partial charge in [0.25, 0.3) is 0 Å². The fourth-order valence-corrected chi connectivity index (χ4v) is 3.40. The van der Waals surface area contributed by atoms with Crippen molar-refractivity contribution < 1.29 is 9.13 Å². The summed E-state index contributed by atoms with van der Waals surface area (Å²) in [6, 6.07) is 5.96. The minimum atomic E-state index is -0.116. The Morgan fingerprint density at radius 3 is 3.05 bits per heavy atom. The number of halogens is 1. The van der Waals surface area contributed by atoms with Gasteiger partial charge in [-0.3, -0.25) is 0 Å². The number of hydrogen-bond donors (Lipinski definition) is 1. The molecule has 5 heteroatoms. The zero-order chi connectivity index (χ0) is 14.4. The van der Waals surface area contributed by atoms with Crippen molar-refractivity contribution in [3.63, 3.8) is 0 Å². The lowest BCUT2D eigenvalue weighted by Gasteiger charge is -2.35. The molecule has 1 unspecified atom stereocenters. The van der Waals surface area contributed by atoms with Crippen molar-refractivity contribution in [1.29, 1.82) is 0 Å². The van der Waals surface area contributed by atoms with Crippen LogP contribution >= 0.6 is 11.8 Å². The second kappa shape index (κ2) is 7.86. The average molecular weight is 298 g/mol. The Labute approximate surface area is 124 Å². The second-order valence-electron chi connectivity index (χ2n) is 5.07. The lowest BCUT2D eigenvalue weighted by atomic mass is 10.1. The van der Waals surface area contributed by atoms with Gasteiger partial charge in [0.15, 0.2) is 0 Å². The Morgan fingerprint density at radius 2 is 2.35 bits per heavy atom. The molecular weight excluding hydrogens is 275 g/mol. The molecule has 1 atom stereocenters. The maximum Gasteiger partial charge on any atom is 0.146 e. The van der Waals surface area contributed by atoms with E-state index >= 15 is 0 Å². The van der Waals surface area contributed by atoms with Gasteiger partial charge in [0.2, 0.25) is 0 Å². The first-order valence-electron chi connectivity index (χ1n) is 7.05. The third-order valence-electron chi connectivity index (χ3n) is 3.50. The van der Waals surface area contributed by atoms with Crippen molar-refractivity contribution in [3.05, 3.63) is 29.6 Å². The molecule has 1 aromatic carbocycles. The summed E-state index contributed by atoms with van der Waals surface area (Å²) >= 11 is 1.94. The minimum Gasteiger partial charge on any atom is -0.383 e. The normalized spacial score (nSPS) is 19.4. The molecule has 1 aromatic rings. The molecule has 2 rings (SSSR count). The molecule has 0 amide bonds. The zero-order valence-corrected chi connectivity index (χ0v) is 13.0. The van der Waals surface area contributed by atoms with E-state index in [0.29, 0.717) is 19.2 Å². The van der Waals surface area contributed by atoms with Crippen LogP contribution in [0.15, 0.2) is 18.2 Å². The molecule has 1 N–H and O–H groups in total. The van der Waals surface area contributed by atoms with Crippen molar-refractivity contribution >= 4 is 17.4 Å². The molecule has 1 fully saturated rings. The molecule has 20 heavy (non-hydrogen) atoms. The van der Waals surface area contributed by atoms with E-state index in [1.165, 1.54) is 0 Å². The highest BCUT2D eigenvalue weighted by Crippen LogP contribution is 2.27. The van der Waals surface area contributed by atoms with Crippen LogP contribution in [0.3, 0.4) is 0 Å². The Balaban J connectivity index is 1.98. The van der Waals surface area contributed by atoms with Gasteiger partial charge in [0.1, 0.15) is 5.82 Å². The van der Waals surface area contributed by atoms with Crippen LogP contribution in [-0.2, 0) is 11.3 Å². The van der Waals surface area contributed by atoms with E-state index in [0.717, 1.165) is 35.8 Å². The number of benzene rings is 1. The lowest BCUT2D eigenvalue weighted by molar-refractivity contribution is 0.199. The average Bonchev–Trinajstić information content (AvgIpc) is 2.45. The topological polar surface area (TPSA) is 24.5 Å². The Morgan fingerprint density at radius 1 is 1.50 bits per heavy atom. The van der Waals surface area contributed by atoms with Crippen LogP contribution in [0, 0.1) is 5.82 Å². The molecule has 0 bridgehead atoms. The van der Waals surface area contributed by atoms with Crippen molar-refractivity contribution in [2.75, 3.05) is 43.2 Å². The first-order valence-corrected chi connectivity index (χ1v) is 8.20. The van der Waals surface area contributed by atoms with Crippen molar-refractivity contribution in [2.24, 2.45) is 0 Å². The molecule has 0 radical (unpaired) electrons. The molecule has 0 spiro atoms. The van der Waals surface area contributed by atoms with Gasteiger partial charge in [-0.15, -0.1) is 0 Å². The highest BCUT2D eigenvalue weighted by molar-refractivity contribution is 7.99. The Bertz CT molecular complexity index is 430. The minimum absolute atomic E-state index is 0.116. The maximum absolute atomic E-state index is 14.3. The summed E-state index contributed by atoms with van der Waals surface area (Å²) in [6.45, 7) is 5.20. The number of thioether (sulfide) groups is 1. The van der Waals surface area contributed by atoms with E-state index in [-0.39, 0.29) is 5.82 Å². The molecule has 0 aromatic heterocycles. The highest BCUT2D eigenvalue weighted by atomic mass is 32.2. The Hall–Kier alpha value is -0.780. The van der Waals surface area contributed by atoms with Gasteiger partial charge < -0.3 is 15.0 Å². The van der Waals surface area contributed by atoms with Gasteiger partial charge in [-0.05, 0) is 24.6 Å². The number of nitrogens with one attached hydrogen (secondary N) is 1. The summed E-state index contributed by atoms with van der Waals surface area (Å²) in [7, 11) is 1.67. The first kappa shape index (κ1) is 15.6. The number of anilines is 1. The standard InChI is InChI=1S/C15H23FN2OS/c1-12-11-20-8-6-18(12)15-4-3-13(9-14(15)16)10-17-5-7-19-2/h3-4,9,12,17H,5-8,10-11H2,1-2H3. The van der Waals surface area contributed by atoms with E-state index in [1.54, 1.807) is 13.2 Å². The molecule has 0 aliphatic carbocycles. The van der Waals surface area contributed by atoms with E-state index in [4.69, 9.17) is 4.74 Å². The predicted molar refractivity (Wildman–Crippen MR) is 84.1 cm³/mol. The summed E-state index contributed by atoms with van der Waals surface area (Å²) in [5.41, 5.74) is 1.71. The molecular formula is C15H23FN2OS. The van der Waals surface area contributed by atoms with Crippen LogP contribution in [0.2, 0.25) is 0 Å². The van der Waals surface area contributed by atoms with Gasteiger partial charge in [-0.2, -0.15) is 11.8 Å². The Kier molecular flexibility index (Phi) is 6.13. The highest BCUT2D eigenvalue weighted by Gasteiger charge is 2.21. The third kappa shape index (κ3) is 4.11. The maximum atomic E-state index is 14.3. The van der Waals surface area contributed by atoms with E-state index < -0.39 is 0 Å². The SMILES string of the molecule is COCCNCc1ccc(N2CCSCC2C)c(F)c1. The predicted octanol–water partition coefficient (Wildman–Crippen LogP) is 2.50. The fraction of sp³-hybridized carbons (Fsp3) is 0.600. The first-order chi connectivity index (χ1) is 9.72. The molecule has 3 nitrogen and oxygen atoms in total. The second-order valence-corrected chi connectivity index (χ2v) is 6.22. The van der Waals surface area contributed by atoms with Crippen molar-refractivity contribution in [1.82, 2.24) is 5.32 Å². The van der Waals surface area contributed by atoms with Gasteiger partial charge in [-0.1, -0.05) is 6.07 Å². The summed E-state index contributed by atoms with van der Waals surface area (Å²) in [5.74, 6) is 2.03. The molecule has 1 heterocycles. The van der Waals surface area contributed by atoms with E-state index in [2.05, 4.69) is 17.1 Å². The van der Waals surface area contributed by atoms with E-state index in [1.807, 2.05) is 23.9 Å². The molecule has 1 aliphatic rings. The summed E-state index contributed by atoms with van der Waals surface area (Å²) in [5, 5.41) is 3.23. The van der Waals surface area contributed by atoms with Crippen LogP contribution < -0.4 is 10.2 Å². The van der Waals surface area contributed by atoms with Crippen LogP contribution in [0.25, 0.3) is 0 Å². The van der Waals surface area contributed by atoms with Gasteiger partial charge in [0, 0.05) is 44.3 Å². The van der Waals surface area contributed by atoms with Crippen molar-refractivity contribution in [3.8, 4) is 0 Å². The number of rotatable bonds is 6. The van der Waals surface area contributed by atoms with Gasteiger partial charge >= 0.3 is 0 Å². The third-order valence-corrected chi connectivity index (χ3v) is 4.69. The fourth-order valence-electron chi connectivity index (χ4n) is 2.39. The summed E-state index contributed by atoms with van der Waals surface area (Å²) in [4.78, 5) is 2.17. The quantitative estimate of drug-likeness (QED) is 0.816. The zero-order valence-electron chi connectivity index (χ0n) is 12.2. The monoisotopic (exact) mass is 298 g/mol. The van der Waals surface area contributed by atoms with E-state index in [9.17, 15) is 4.39 Å². The van der Waals surface area contributed by atoms with Crippen LogP contribution in [0.4, 0.5) is 10.1 Å². The van der Waals surface area contributed by atoms with Crippen molar-refractivity contribution in [2.45, 2.75) is 19.5 Å². The number of methoxy groups -OCH3 is 1. The summed E-state index contributed by atoms with van der Waals surface area (Å²) in [6.07, 6.45) is 0. The number of nitrogens with zero attached hydrogens (tertiary/aromatic N) is 1. The smallest absolute Gasteiger partial charge is 0.146 e. The lowest BCUT2D eigenvalue weighted by Crippen LogP contribution is -2.40. The largest absolute Gasteiger partial charge is 0.383 e. The van der Waals surface area contributed by atoms with Crippen LogP contribution in [0.1, 0.15) is 12.5 Å². The molecule has 1 saturated heterocycles. The summed E-state index contributed by atoms with van der Waals surface area (Å²) < 4.78 is 19.3. The van der Waals surface area contributed by atoms with Gasteiger partial charge in [0.05, 0.1) is 12.3 Å².